The molecule has 3 heterocycles. The molecule has 0 spiro atoms. The number of nitrogens with zero attached hydrogens (tertiary/aromatic N) is 1. The lowest BCUT2D eigenvalue weighted by molar-refractivity contribution is -0.231. The van der Waals surface area contributed by atoms with Crippen molar-refractivity contribution in [1.29, 1.82) is 0 Å². The number of benzene rings is 2. The van der Waals surface area contributed by atoms with E-state index in [4.69, 9.17) is 14.5 Å². The standard InChI is InChI=1S/C31H37NO10/c1-14-10-16(6-8-18(14)30-28(39)26(37)24(35)22(12-33)41-30)20-4-3-5-21(32-20)17-7-9-19(15(2)11-17)31-29(40)27(38)25(36)23(13-34)42-31/h3-11,22-31,33-40H,12-13H2,1-2H3/t22-,23-,24-,25-,26+,27+,28+,29+,30-,31-/m1/s1. The smallest absolute Gasteiger partial charge is 0.113 e. The molecule has 0 radical (unpaired) electrons. The van der Waals surface area contributed by atoms with E-state index in [1.165, 1.54) is 0 Å². The van der Waals surface area contributed by atoms with Crippen molar-refractivity contribution in [2.24, 2.45) is 0 Å². The predicted molar refractivity (Wildman–Crippen MR) is 150 cm³/mol. The van der Waals surface area contributed by atoms with E-state index in [9.17, 15) is 40.9 Å². The summed E-state index contributed by atoms with van der Waals surface area (Å²) in [6.45, 7) is 2.67. The van der Waals surface area contributed by atoms with Crippen LogP contribution in [0.25, 0.3) is 22.5 Å². The summed E-state index contributed by atoms with van der Waals surface area (Å²) in [6, 6.07) is 16.6. The van der Waals surface area contributed by atoms with Crippen molar-refractivity contribution >= 4 is 0 Å². The first-order valence-electron chi connectivity index (χ1n) is 13.9. The topological polar surface area (TPSA) is 193 Å². The molecule has 11 heteroatoms. The fourth-order valence-electron chi connectivity index (χ4n) is 5.78. The van der Waals surface area contributed by atoms with E-state index in [-0.39, 0.29) is 0 Å². The molecule has 8 N–H and O–H groups in total. The predicted octanol–water partition coefficient (Wildman–Crippen LogP) is 0.0622. The van der Waals surface area contributed by atoms with Gasteiger partial charge in [-0.15, -0.1) is 0 Å². The highest BCUT2D eigenvalue weighted by Crippen LogP contribution is 2.37. The Morgan fingerprint density at radius 1 is 0.571 bits per heavy atom. The Kier molecular flexibility index (Phi) is 9.07. The third-order valence-electron chi connectivity index (χ3n) is 8.28. The van der Waals surface area contributed by atoms with Gasteiger partial charge in [0.05, 0.1) is 24.6 Å². The van der Waals surface area contributed by atoms with E-state index >= 15 is 0 Å². The first-order valence-corrected chi connectivity index (χ1v) is 13.9. The van der Waals surface area contributed by atoms with Gasteiger partial charge in [-0.1, -0.05) is 30.3 Å². The quantitative estimate of drug-likeness (QED) is 0.196. The van der Waals surface area contributed by atoms with Gasteiger partial charge in [0.1, 0.15) is 61.0 Å². The first-order chi connectivity index (χ1) is 20.0. The zero-order chi connectivity index (χ0) is 30.3. The summed E-state index contributed by atoms with van der Waals surface area (Å²) in [7, 11) is 0. The van der Waals surface area contributed by atoms with Gasteiger partial charge in [0.15, 0.2) is 0 Å². The Morgan fingerprint density at radius 3 is 1.33 bits per heavy atom. The van der Waals surface area contributed by atoms with Crippen LogP contribution in [0.5, 0.6) is 0 Å². The molecule has 2 saturated heterocycles. The summed E-state index contributed by atoms with van der Waals surface area (Å²) < 4.78 is 11.5. The number of aliphatic hydroxyl groups is 8. The van der Waals surface area contributed by atoms with Gasteiger partial charge in [0, 0.05) is 11.1 Å². The summed E-state index contributed by atoms with van der Waals surface area (Å²) in [5, 5.41) is 80.8. The lowest BCUT2D eigenvalue weighted by Gasteiger charge is -2.40. The molecule has 0 unspecified atom stereocenters. The second-order valence-electron chi connectivity index (χ2n) is 11.0. The van der Waals surface area contributed by atoms with Crippen molar-refractivity contribution in [2.75, 3.05) is 13.2 Å². The molecule has 3 aromatic rings. The second kappa shape index (κ2) is 12.4. The van der Waals surface area contributed by atoms with E-state index in [0.717, 1.165) is 22.3 Å². The molecule has 2 aliphatic rings. The highest BCUT2D eigenvalue weighted by molar-refractivity contribution is 5.68. The van der Waals surface area contributed by atoms with Gasteiger partial charge in [-0.05, 0) is 60.4 Å². The van der Waals surface area contributed by atoms with Gasteiger partial charge in [-0.2, -0.15) is 0 Å². The monoisotopic (exact) mass is 583 g/mol. The molecule has 1 aromatic heterocycles. The number of aliphatic hydroxyl groups excluding tert-OH is 8. The molecule has 5 rings (SSSR count). The minimum absolute atomic E-state index is 0.502. The zero-order valence-electron chi connectivity index (χ0n) is 23.2. The lowest BCUT2D eigenvalue weighted by Crippen LogP contribution is -2.55. The Morgan fingerprint density at radius 2 is 0.976 bits per heavy atom. The Balaban J connectivity index is 1.39. The molecule has 226 valence electrons. The molecule has 2 aromatic carbocycles. The fraction of sp³-hybridized carbons (Fsp3) is 0.452. The van der Waals surface area contributed by atoms with Gasteiger partial charge in [0.25, 0.3) is 0 Å². The van der Waals surface area contributed by atoms with Gasteiger partial charge in [-0.25, -0.2) is 4.98 Å². The maximum Gasteiger partial charge on any atom is 0.113 e. The molecule has 10 atom stereocenters. The Bertz CT molecular complexity index is 1300. The summed E-state index contributed by atoms with van der Waals surface area (Å²) in [6.07, 6.45) is -12.4. The maximum absolute atomic E-state index is 10.6. The van der Waals surface area contributed by atoms with E-state index in [2.05, 4.69) is 0 Å². The zero-order valence-corrected chi connectivity index (χ0v) is 23.2. The van der Waals surface area contributed by atoms with Crippen molar-refractivity contribution in [1.82, 2.24) is 4.98 Å². The normalized spacial score (nSPS) is 33.5. The van der Waals surface area contributed by atoms with Crippen LogP contribution in [0.15, 0.2) is 54.6 Å². The third kappa shape index (κ3) is 5.61. The number of pyridine rings is 1. The maximum atomic E-state index is 10.6. The van der Waals surface area contributed by atoms with Crippen molar-refractivity contribution in [3.05, 3.63) is 76.9 Å². The van der Waals surface area contributed by atoms with E-state index < -0.39 is 74.3 Å². The number of aryl methyl sites for hydroxylation is 2. The molecule has 0 bridgehead atoms. The number of hydrogen-bond acceptors (Lipinski definition) is 11. The van der Waals surface area contributed by atoms with Crippen molar-refractivity contribution in [3.63, 3.8) is 0 Å². The average Bonchev–Trinajstić information content (AvgIpc) is 2.99. The lowest BCUT2D eigenvalue weighted by atomic mass is 9.88. The highest BCUT2D eigenvalue weighted by atomic mass is 16.6. The molecule has 11 nitrogen and oxygen atoms in total. The van der Waals surface area contributed by atoms with Crippen LogP contribution in [0.4, 0.5) is 0 Å². The average molecular weight is 584 g/mol. The second-order valence-corrected chi connectivity index (χ2v) is 11.0. The molecule has 0 amide bonds. The molecule has 42 heavy (non-hydrogen) atoms. The van der Waals surface area contributed by atoms with Crippen LogP contribution in [0.1, 0.15) is 34.5 Å². The number of aromatic nitrogens is 1. The summed E-state index contributed by atoms with van der Waals surface area (Å²) >= 11 is 0. The van der Waals surface area contributed by atoms with Gasteiger partial charge in [-0.3, -0.25) is 0 Å². The summed E-state index contributed by atoms with van der Waals surface area (Å²) in [5.74, 6) is 0. The highest BCUT2D eigenvalue weighted by Gasteiger charge is 2.45. The van der Waals surface area contributed by atoms with Crippen molar-refractivity contribution in [2.45, 2.75) is 74.9 Å². The van der Waals surface area contributed by atoms with Crippen LogP contribution in [0.2, 0.25) is 0 Å². The number of ether oxygens (including phenoxy) is 2. The molecule has 0 aliphatic carbocycles. The Labute approximate surface area is 242 Å². The van der Waals surface area contributed by atoms with E-state index in [1.807, 2.05) is 56.3 Å². The van der Waals surface area contributed by atoms with Crippen LogP contribution < -0.4 is 0 Å². The summed E-state index contributed by atoms with van der Waals surface area (Å²) in [4.78, 5) is 4.83. The third-order valence-corrected chi connectivity index (χ3v) is 8.28. The van der Waals surface area contributed by atoms with Crippen LogP contribution in [-0.4, -0.2) is 108 Å². The molecular formula is C31H37NO10. The molecule has 2 fully saturated rings. The Hall–Kier alpha value is -2.81. The van der Waals surface area contributed by atoms with Crippen molar-refractivity contribution < 1.29 is 50.3 Å². The van der Waals surface area contributed by atoms with E-state index in [0.29, 0.717) is 22.5 Å². The first kappa shape index (κ1) is 30.6. The van der Waals surface area contributed by atoms with Crippen LogP contribution in [-0.2, 0) is 9.47 Å². The van der Waals surface area contributed by atoms with Crippen molar-refractivity contribution in [3.8, 4) is 22.5 Å². The van der Waals surface area contributed by atoms with Gasteiger partial charge < -0.3 is 50.3 Å². The summed E-state index contributed by atoms with van der Waals surface area (Å²) in [5.41, 5.74) is 5.75. The largest absolute Gasteiger partial charge is 0.394 e. The van der Waals surface area contributed by atoms with Gasteiger partial charge in [0.2, 0.25) is 0 Å². The van der Waals surface area contributed by atoms with Crippen LogP contribution >= 0.6 is 0 Å². The van der Waals surface area contributed by atoms with Crippen LogP contribution in [0, 0.1) is 13.8 Å². The minimum Gasteiger partial charge on any atom is -0.394 e. The van der Waals surface area contributed by atoms with Crippen LogP contribution in [0.3, 0.4) is 0 Å². The number of hydrogen-bond donors (Lipinski definition) is 8. The minimum atomic E-state index is -1.46. The molecular weight excluding hydrogens is 546 g/mol. The van der Waals surface area contributed by atoms with Gasteiger partial charge >= 0.3 is 0 Å². The SMILES string of the molecule is Cc1cc(-c2cccc(-c3ccc([C@H]4O[C@H](CO)[C@@H](O)[C@H](O)[C@@H]4O)c(C)c3)n2)ccc1[C@H]1O[C@H](CO)[C@@H](O)[C@H](O)[C@@H]1O. The molecule has 0 saturated carbocycles. The van der Waals surface area contributed by atoms with E-state index in [1.54, 1.807) is 12.1 Å². The number of rotatable bonds is 6. The fourth-order valence-corrected chi connectivity index (χ4v) is 5.78. The molecule has 2 aliphatic heterocycles.